The maximum atomic E-state index is 11.1. The van der Waals surface area contributed by atoms with E-state index < -0.39 is 0 Å². The van der Waals surface area contributed by atoms with E-state index in [1.165, 1.54) is 7.11 Å². The van der Waals surface area contributed by atoms with E-state index in [1.54, 1.807) is 6.92 Å². The van der Waals surface area contributed by atoms with Crippen molar-refractivity contribution in [3.8, 4) is 5.75 Å². The Labute approximate surface area is 97.5 Å². The van der Waals surface area contributed by atoms with Crippen LogP contribution in [0.1, 0.15) is 6.92 Å². The average Bonchev–Trinajstić information content (AvgIpc) is 2.26. The molecule has 15 heavy (non-hydrogen) atoms. The summed E-state index contributed by atoms with van der Waals surface area (Å²) < 4.78 is 11.0. The molecule has 1 unspecified atom stereocenters. The fraction of sp³-hybridized carbons (Fsp3) is 0.364. The standard InChI is InChI=1S/C11H13BrO3/c1-8(11(13)14-2)7-15-10-6-4-3-5-9(10)12/h3-6,8H,7H2,1-2H3. The second-order valence-corrected chi connectivity index (χ2v) is 4.02. The molecule has 0 aliphatic heterocycles. The highest BCUT2D eigenvalue weighted by Crippen LogP contribution is 2.24. The Morgan fingerprint density at radius 3 is 2.73 bits per heavy atom. The van der Waals surface area contributed by atoms with Crippen molar-refractivity contribution < 1.29 is 14.3 Å². The van der Waals surface area contributed by atoms with E-state index >= 15 is 0 Å². The molecule has 0 radical (unpaired) electrons. The molecule has 1 aromatic carbocycles. The topological polar surface area (TPSA) is 35.5 Å². The number of hydrogen-bond donors (Lipinski definition) is 0. The number of hydrogen-bond acceptors (Lipinski definition) is 3. The maximum Gasteiger partial charge on any atom is 0.311 e. The number of esters is 1. The molecule has 4 heteroatoms. The summed E-state index contributed by atoms with van der Waals surface area (Å²) in [4.78, 5) is 11.1. The third kappa shape index (κ3) is 3.55. The quantitative estimate of drug-likeness (QED) is 0.791. The highest BCUT2D eigenvalue weighted by molar-refractivity contribution is 9.10. The van der Waals surface area contributed by atoms with E-state index in [9.17, 15) is 4.79 Å². The molecule has 0 saturated carbocycles. The minimum atomic E-state index is -0.262. The molecule has 0 fully saturated rings. The van der Waals surface area contributed by atoms with Gasteiger partial charge in [-0.1, -0.05) is 12.1 Å². The molecule has 0 spiro atoms. The van der Waals surface area contributed by atoms with Crippen LogP contribution in [-0.4, -0.2) is 19.7 Å². The zero-order chi connectivity index (χ0) is 11.3. The number of methoxy groups -OCH3 is 1. The van der Waals surface area contributed by atoms with Gasteiger partial charge in [-0.2, -0.15) is 0 Å². The Balaban J connectivity index is 2.50. The number of carbonyl (C=O) groups is 1. The predicted molar refractivity (Wildman–Crippen MR) is 60.8 cm³/mol. The number of benzene rings is 1. The summed E-state index contributed by atoms with van der Waals surface area (Å²) in [6.45, 7) is 2.08. The van der Waals surface area contributed by atoms with Gasteiger partial charge in [0.25, 0.3) is 0 Å². The first-order chi connectivity index (χ1) is 7.15. The summed E-state index contributed by atoms with van der Waals surface area (Å²) >= 11 is 3.36. The molecule has 1 rings (SSSR count). The van der Waals surface area contributed by atoms with E-state index in [1.807, 2.05) is 24.3 Å². The first-order valence-electron chi connectivity index (χ1n) is 4.60. The Morgan fingerprint density at radius 1 is 1.47 bits per heavy atom. The lowest BCUT2D eigenvalue weighted by Crippen LogP contribution is -2.20. The van der Waals surface area contributed by atoms with Crippen LogP contribution in [0.15, 0.2) is 28.7 Å². The highest BCUT2D eigenvalue weighted by atomic mass is 79.9. The van der Waals surface area contributed by atoms with Gasteiger partial charge in [-0.25, -0.2) is 0 Å². The van der Waals surface area contributed by atoms with Crippen LogP contribution in [0.3, 0.4) is 0 Å². The van der Waals surface area contributed by atoms with Gasteiger partial charge >= 0.3 is 5.97 Å². The smallest absolute Gasteiger partial charge is 0.311 e. The summed E-state index contributed by atoms with van der Waals surface area (Å²) in [5.41, 5.74) is 0. The van der Waals surface area contributed by atoms with E-state index in [-0.39, 0.29) is 11.9 Å². The summed E-state index contributed by atoms with van der Waals surface area (Å²) in [6, 6.07) is 7.51. The lowest BCUT2D eigenvalue weighted by atomic mass is 10.2. The van der Waals surface area contributed by atoms with Crippen LogP contribution in [0.2, 0.25) is 0 Å². The molecule has 0 saturated heterocycles. The van der Waals surface area contributed by atoms with Gasteiger partial charge in [-0.3, -0.25) is 4.79 Å². The van der Waals surface area contributed by atoms with Crippen LogP contribution in [0.25, 0.3) is 0 Å². The zero-order valence-electron chi connectivity index (χ0n) is 8.70. The third-order valence-corrected chi connectivity index (χ3v) is 2.58. The van der Waals surface area contributed by atoms with E-state index in [4.69, 9.17) is 4.74 Å². The van der Waals surface area contributed by atoms with Gasteiger partial charge in [0.15, 0.2) is 0 Å². The van der Waals surface area contributed by atoms with Crippen molar-refractivity contribution in [3.05, 3.63) is 28.7 Å². The van der Waals surface area contributed by atoms with Gasteiger partial charge in [0.2, 0.25) is 0 Å². The van der Waals surface area contributed by atoms with Gasteiger partial charge in [-0.15, -0.1) is 0 Å². The van der Waals surface area contributed by atoms with Crippen molar-refractivity contribution in [2.24, 2.45) is 5.92 Å². The van der Waals surface area contributed by atoms with Gasteiger partial charge in [0.05, 0.1) is 17.5 Å². The second kappa shape index (κ2) is 5.75. The SMILES string of the molecule is COC(=O)C(C)COc1ccccc1Br. The highest BCUT2D eigenvalue weighted by Gasteiger charge is 2.14. The molecule has 0 aliphatic rings. The molecule has 0 aromatic heterocycles. The first kappa shape index (κ1) is 12.0. The molecule has 1 aromatic rings. The van der Waals surface area contributed by atoms with Crippen molar-refractivity contribution in [1.82, 2.24) is 0 Å². The van der Waals surface area contributed by atoms with Crippen LogP contribution in [0.5, 0.6) is 5.75 Å². The largest absolute Gasteiger partial charge is 0.492 e. The fourth-order valence-electron chi connectivity index (χ4n) is 1.05. The molecule has 0 N–H and O–H groups in total. The summed E-state index contributed by atoms with van der Waals surface area (Å²) in [7, 11) is 1.37. The van der Waals surface area contributed by atoms with Crippen molar-refractivity contribution >= 4 is 21.9 Å². The normalized spacial score (nSPS) is 11.9. The molecule has 0 aliphatic carbocycles. The maximum absolute atomic E-state index is 11.1. The van der Waals surface area contributed by atoms with Crippen molar-refractivity contribution in [2.75, 3.05) is 13.7 Å². The minimum absolute atomic E-state index is 0.262. The van der Waals surface area contributed by atoms with Gasteiger partial charge in [-0.05, 0) is 35.0 Å². The number of halogens is 1. The first-order valence-corrected chi connectivity index (χ1v) is 5.39. The summed E-state index contributed by atoms with van der Waals surface area (Å²) in [5.74, 6) is 0.206. The average molecular weight is 273 g/mol. The molecular formula is C11H13BrO3. The minimum Gasteiger partial charge on any atom is -0.492 e. The monoisotopic (exact) mass is 272 g/mol. The van der Waals surface area contributed by atoms with Crippen LogP contribution in [-0.2, 0) is 9.53 Å². The lowest BCUT2D eigenvalue weighted by Gasteiger charge is -2.11. The summed E-state index contributed by atoms with van der Waals surface area (Å²) in [6.07, 6.45) is 0. The zero-order valence-corrected chi connectivity index (χ0v) is 10.3. The van der Waals surface area contributed by atoms with Crippen LogP contribution < -0.4 is 4.74 Å². The molecule has 0 amide bonds. The van der Waals surface area contributed by atoms with Gasteiger partial charge in [0, 0.05) is 0 Å². The Morgan fingerprint density at radius 2 is 2.13 bits per heavy atom. The van der Waals surface area contributed by atoms with Gasteiger partial charge in [0.1, 0.15) is 12.4 Å². The van der Waals surface area contributed by atoms with E-state index in [2.05, 4.69) is 20.7 Å². The van der Waals surface area contributed by atoms with E-state index in [0.29, 0.717) is 6.61 Å². The van der Waals surface area contributed by atoms with Crippen LogP contribution >= 0.6 is 15.9 Å². The molecular weight excluding hydrogens is 260 g/mol. The van der Waals surface area contributed by atoms with Crippen molar-refractivity contribution in [1.29, 1.82) is 0 Å². The molecule has 1 atom stereocenters. The molecule has 0 heterocycles. The Bertz CT molecular complexity index is 338. The number of para-hydroxylation sites is 1. The van der Waals surface area contributed by atoms with E-state index in [0.717, 1.165) is 10.2 Å². The second-order valence-electron chi connectivity index (χ2n) is 3.17. The van der Waals surface area contributed by atoms with Gasteiger partial charge < -0.3 is 9.47 Å². The number of carbonyl (C=O) groups excluding carboxylic acids is 1. The molecule has 82 valence electrons. The van der Waals surface area contributed by atoms with Crippen molar-refractivity contribution in [3.63, 3.8) is 0 Å². The molecule has 3 nitrogen and oxygen atoms in total. The Kier molecular flexibility index (Phi) is 4.62. The number of ether oxygens (including phenoxy) is 2. The number of rotatable bonds is 4. The van der Waals surface area contributed by atoms with Crippen LogP contribution in [0, 0.1) is 5.92 Å². The Hall–Kier alpha value is -1.03. The third-order valence-electron chi connectivity index (χ3n) is 1.93. The molecule has 0 bridgehead atoms. The lowest BCUT2D eigenvalue weighted by molar-refractivity contribution is -0.145. The fourth-order valence-corrected chi connectivity index (χ4v) is 1.45. The van der Waals surface area contributed by atoms with Crippen molar-refractivity contribution in [2.45, 2.75) is 6.92 Å². The van der Waals surface area contributed by atoms with Crippen LogP contribution in [0.4, 0.5) is 0 Å². The summed E-state index contributed by atoms with van der Waals surface area (Å²) in [5, 5.41) is 0. The predicted octanol–water partition coefficient (Wildman–Crippen LogP) is 2.64.